The number of nitrogens with one attached hydrogen (secondary N) is 2. The van der Waals surface area contributed by atoms with Crippen molar-refractivity contribution in [3.63, 3.8) is 0 Å². The molecule has 0 saturated carbocycles. The Morgan fingerprint density at radius 2 is 2.04 bits per heavy atom. The summed E-state index contributed by atoms with van der Waals surface area (Å²) in [6.45, 7) is 0.925. The lowest BCUT2D eigenvalue weighted by Crippen LogP contribution is -2.27. The average molecular weight is 349 g/mol. The van der Waals surface area contributed by atoms with E-state index in [-0.39, 0.29) is 11.8 Å². The van der Waals surface area contributed by atoms with Crippen molar-refractivity contribution in [1.82, 2.24) is 5.32 Å². The average Bonchev–Trinajstić information content (AvgIpc) is 3.21. The fourth-order valence-corrected chi connectivity index (χ4v) is 2.78. The predicted octanol–water partition coefficient (Wildman–Crippen LogP) is 2.61. The van der Waals surface area contributed by atoms with Crippen LogP contribution < -0.4 is 10.6 Å². The van der Waals surface area contributed by atoms with Gasteiger partial charge in [-0.2, -0.15) is 5.26 Å². The van der Waals surface area contributed by atoms with Gasteiger partial charge in [-0.25, -0.2) is 0 Å². The molecule has 1 unspecified atom stereocenters. The molecule has 6 heteroatoms. The summed E-state index contributed by atoms with van der Waals surface area (Å²) in [5, 5.41) is 14.5. The molecule has 0 radical (unpaired) electrons. The molecule has 0 bridgehead atoms. The molecule has 6 nitrogen and oxygen atoms in total. The first kappa shape index (κ1) is 17.6. The molecular formula is C20H19N3O3. The Bertz CT molecular complexity index is 851. The SMILES string of the molecule is N#Cc1cccc(CNC(=O)c2cccc(NC(=O)C3CCCO3)c2)c1. The highest BCUT2D eigenvalue weighted by atomic mass is 16.5. The second-order valence-electron chi connectivity index (χ2n) is 6.07. The number of rotatable bonds is 5. The van der Waals surface area contributed by atoms with Crippen molar-refractivity contribution in [3.8, 4) is 6.07 Å². The molecule has 2 amide bonds. The van der Waals surface area contributed by atoms with Crippen LogP contribution in [0.4, 0.5) is 5.69 Å². The Morgan fingerprint density at radius 1 is 1.19 bits per heavy atom. The van der Waals surface area contributed by atoms with Crippen molar-refractivity contribution in [2.75, 3.05) is 11.9 Å². The number of carbonyl (C=O) groups is 2. The van der Waals surface area contributed by atoms with E-state index in [2.05, 4.69) is 16.7 Å². The van der Waals surface area contributed by atoms with E-state index in [1.165, 1.54) is 0 Å². The summed E-state index contributed by atoms with van der Waals surface area (Å²) in [7, 11) is 0. The zero-order valence-corrected chi connectivity index (χ0v) is 14.2. The van der Waals surface area contributed by atoms with Gasteiger partial charge in [0.05, 0.1) is 11.6 Å². The summed E-state index contributed by atoms with van der Waals surface area (Å²) in [5.41, 5.74) is 2.41. The van der Waals surface area contributed by atoms with E-state index in [4.69, 9.17) is 10.00 Å². The lowest BCUT2D eigenvalue weighted by atomic mass is 10.1. The van der Waals surface area contributed by atoms with Gasteiger partial charge in [0.1, 0.15) is 6.10 Å². The number of nitriles is 1. The summed E-state index contributed by atoms with van der Waals surface area (Å²) >= 11 is 0. The minimum absolute atomic E-state index is 0.187. The van der Waals surface area contributed by atoms with Crippen molar-refractivity contribution in [2.45, 2.75) is 25.5 Å². The molecular weight excluding hydrogens is 330 g/mol. The summed E-state index contributed by atoms with van der Waals surface area (Å²) < 4.78 is 5.36. The molecule has 1 aliphatic rings. The molecule has 26 heavy (non-hydrogen) atoms. The van der Waals surface area contributed by atoms with Crippen LogP contribution in [-0.4, -0.2) is 24.5 Å². The Kier molecular flexibility index (Phi) is 5.62. The number of nitrogens with zero attached hydrogens (tertiary/aromatic N) is 1. The number of amides is 2. The largest absolute Gasteiger partial charge is 0.368 e. The van der Waals surface area contributed by atoms with Crippen LogP contribution in [0, 0.1) is 11.3 Å². The second-order valence-corrected chi connectivity index (χ2v) is 6.07. The molecule has 1 aliphatic heterocycles. The summed E-state index contributed by atoms with van der Waals surface area (Å²) in [6, 6.07) is 15.9. The number of benzene rings is 2. The van der Waals surface area contributed by atoms with Gasteiger partial charge in [-0.3, -0.25) is 9.59 Å². The fraction of sp³-hybridized carbons (Fsp3) is 0.250. The molecule has 0 aliphatic carbocycles. The highest BCUT2D eigenvalue weighted by molar-refractivity contribution is 5.98. The van der Waals surface area contributed by atoms with Gasteiger partial charge in [0, 0.05) is 24.4 Å². The van der Waals surface area contributed by atoms with Crippen molar-refractivity contribution in [1.29, 1.82) is 5.26 Å². The van der Waals surface area contributed by atoms with Crippen LogP contribution in [0.1, 0.15) is 34.3 Å². The predicted molar refractivity (Wildman–Crippen MR) is 96.4 cm³/mol. The zero-order valence-electron chi connectivity index (χ0n) is 14.2. The van der Waals surface area contributed by atoms with Gasteiger partial charge in [-0.15, -0.1) is 0 Å². The van der Waals surface area contributed by atoms with Gasteiger partial charge in [0.15, 0.2) is 0 Å². The number of hydrogen-bond acceptors (Lipinski definition) is 4. The maximum Gasteiger partial charge on any atom is 0.253 e. The number of hydrogen-bond donors (Lipinski definition) is 2. The zero-order chi connectivity index (χ0) is 18.4. The van der Waals surface area contributed by atoms with Gasteiger partial charge in [0.25, 0.3) is 11.8 Å². The van der Waals surface area contributed by atoms with Crippen molar-refractivity contribution in [3.05, 3.63) is 65.2 Å². The summed E-state index contributed by atoms with van der Waals surface area (Å²) in [4.78, 5) is 24.5. The number of ether oxygens (including phenoxy) is 1. The van der Waals surface area contributed by atoms with Crippen LogP contribution in [0.2, 0.25) is 0 Å². The molecule has 1 atom stereocenters. The Labute approximate surface area is 151 Å². The quantitative estimate of drug-likeness (QED) is 0.868. The van der Waals surface area contributed by atoms with Crippen LogP contribution in [0.25, 0.3) is 0 Å². The van der Waals surface area contributed by atoms with Crippen LogP contribution in [-0.2, 0) is 16.1 Å². The maximum atomic E-state index is 12.4. The minimum atomic E-state index is -0.417. The molecule has 0 aromatic heterocycles. The van der Waals surface area contributed by atoms with E-state index in [0.717, 1.165) is 12.0 Å². The van der Waals surface area contributed by atoms with E-state index in [0.29, 0.717) is 36.4 Å². The topological polar surface area (TPSA) is 91.2 Å². The molecule has 2 N–H and O–H groups in total. The molecule has 1 saturated heterocycles. The lowest BCUT2D eigenvalue weighted by Gasteiger charge is -2.11. The van der Waals surface area contributed by atoms with Crippen LogP contribution in [0.5, 0.6) is 0 Å². The number of anilines is 1. The maximum absolute atomic E-state index is 12.4. The monoisotopic (exact) mass is 349 g/mol. The van der Waals surface area contributed by atoms with Gasteiger partial charge in [0.2, 0.25) is 0 Å². The van der Waals surface area contributed by atoms with Gasteiger partial charge >= 0.3 is 0 Å². The molecule has 3 rings (SSSR count). The van der Waals surface area contributed by atoms with E-state index in [9.17, 15) is 9.59 Å². The van der Waals surface area contributed by atoms with E-state index in [1.807, 2.05) is 6.07 Å². The molecule has 1 heterocycles. The molecule has 2 aromatic carbocycles. The summed E-state index contributed by atoms with van der Waals surface area (Å²) in [6.07, 6.45) is 1.18. The molecule has 0 spiro atoms. The minimum Gasteiger partial charge on any atom is -0.368 e. The van der Waals surface area contributed by atoms with Crippen LogP contribution >= 0.6 is 0 Å². The third-order valence-electron chi connectivity index (χ3n) is 4.12. The normalized spacial score (nSPS) is 15.9. The third-order valence-corrected chi connectivity index (χ3v) is 4.12. The highest BCUT2D eigenvalue weighted by Gasteiger charge is 2.23. The van der Waals surface area contributed by atoms with E-state index < -0.39 is 6.10 Å². The first-order valence-corrected chi connectivity index (χ1v) is 8.45. The van der Waals surface area contributed by atoms with Gasteiger partial charge in [-0.05, 0) is 48.7 Å². The van der Waals surface area contributed by atoms with Gasteiger partial charge in [-0.1, -0.05) is 18.2 Å². The summed E-state index contributed by atoms with van der Waals surface area (Å²) in [5.74, 6) is -0.436. The number of carbonyl (C=O) groups excluding carboxylic acids is 2. The molecule has 1 fully saturated rings. The standard InChI is InChI=1S/C20H19N3O3/c21-12-14-4-1-5-15(10-14)13-22-19(24)16-6-2-7-17(11-16)23-20(25)18-8-3-9-26-18/h1-2,4-7,10-11,18H,3,8-9,13H2,(H,22,24)(H,23,25). The van der Waals surface area contributed by atoms with E-state index >= 15 is 0 Å². The van der Waals surface area contributed by atoms with Crippen molar-refractivity contribution < 1.29 is 14.3 Å². The van der Waals surface area contributed by atoms with Crippen molar-refractivity contribution >= 4 is 17.5 Å². The fourth-order valence-electron chi connectivity index (χ4n) is 2.78. The second kappa shape index (κ2) is 8.28. The van der Waals surface area contributed by atoms with Crippen LogP contribution in [0.15, 0.2) is 48.5 Å². The molecule has 2 aromatic rings. The van der Waals surface area contributed by atoms with Crippen LogP contribution in [0.3, 0.4) is 0 Å². The highest BCUT2D eigenvalue weighted by Crippen LogP contribution is 2.16. The molecule has 132 valence electrons. The first-order chi connectivity index (χ1) is 12.7. The van der Waals surface area contributed by atoms with E-state index in [1.54, 1.807) is 42.5 Å². The Morgan fingerprint density at radius 3 is 2.81 bits per heavy atom. The Hall–Kier alpha value is -3.17. The van der Waals surface area contributed by atoms with Crippen molar-refractivity contribution in [2.24, 2.45) is 0 Å². The third kappa shape index (κ3) is 4.47. The first-order valence-electron chi connectivity index (χ1n) is 8.45. The Balaban J connectivity index is 1.60. The smallest absolute Gasteiger partial charge is 0.253 e. The van der Waals surface area contributed by atoms with Gasteiger partial charge < -0.3 is 15.4 Å². The lowest BCUT2D eigenvalue weighted by molar-refractivity contribution is -0.124.